The zero-order chi connectivity index (χ0) is 22.6. The standard InChI is InChI=1S/C25H23F5O/c1-3-5-17-8-12-19(13-9-17)25(29,30)31-21-15-14-20(23(26)22(21)24(27)28)18-10-6-16(4-2)7-11-18/h6-15,24H,3-5H2,1-2H3. The Morgan fingerprint density at radius 3 is 2.00 bits per heavy atom. The van der Waals surface area contributed by atoms with Crippen LogP contribution in [-0.2, 0) is 19.0 Å². The van der Waals surface area contributed by atoms with E-state index in [1.165, 1.54) is 30.3 Å². The SMILES string of the molecule is CCCc1ccc(C(F)(F)Oc2ccc(-c3ccc(CC)cc3)c(F)c2C(F)F)cc1. The summed E-state index contributed by atoms with van der Waals surface area (Å²) >= 11 is 0. The van der Waals surface area contributed by atoms with Gasteiger partial charge in [-0.3, -0.25) is 0 Å². The summed E-state index contributed by atoms with van der Waals surface area (Å²) in [6, 6.07) is 14.3. The van der Waals surface area contributed by atoms with Crippen LogP contribution in [0.2, 0.25) is 0 Å². The highest BCUT2D eigenvalue weighted by Gasteiger charge is 2.37. The summed E-state index contributed by atoms with van der Waals surface area (Å²) in [5.74, 6) is -2.16. The molecule has 0 fully saturated rings. The molecule has 0 N–H and O–H groups in total. The number of alkyl halides is 4. The van der Waals surface area contributed by atoms with E-state index in [1.54, 1.807) is 24.3 Å². The van der Waals surface area contributed by atoms with E-state index in [2.05, 4.69) is 4.74 Å². The molecule has 0 aliphatic rings. The number of halogens is 5. The van der Waals surface area contributed by atoms with Gasteiger partial charge in [0, 0.05) is 5.56 Å². The third-order valence-electron chi connectivity index (χ3n) is 5.10. The zero-order valence-corrected chi connectivity index (χ0v) is 17.3. The van der Waals surface area contributed by atoms with Crippen molar-refractivity contribution in [3.63, 3.8) is 0 Å². The summed E-state index contributed by atoms with van der Waals surface area (Å²) in [5, 5.41) is 0. The minimum absolute atomic E-state index is 0.0995. The van der Waals surface area contributed by atoms with Gasteiger partial charge in [0.2, 0.25) is 0 Å². The number of hydrogen-bond acceptors (Lipinski definition) is 1. The normalized spacial score (nSPS) is 11.7. The second-order valence-electron chi connectivity index (χ2n) is 7.26. The Balaban J connectivity index is 1.95. The van der Waals surface area contributed by atoms with E-state index in [-0.39, 0.29) is 5.56 Å². The van der Waals surface area contributed by atoms with E-state index in [4.69, 9.17) is 0 Å². The maximum atomic E-state index is 15.0. The average molecular weight is 434 g/mol. The molecule has 0 bridgehead atoms. The molecule has 3 aromatic carbocycles. The van der Waals surface area contributed by atoms with Crippen molar-refractivity contribution in [3.05, 3.63) is 88.7 Å². The second-order valence-corrected chi connectivity index (χ2v) is 7.26. The van der Waals surface area contributed by atoms with Crippen molar-refractivity contribution in [1.29, 1.82) is 0 Å². The predicted octanol–water partition coefficient (Wildman–Crippen LogP) is 8.07. The molecule has 0 saturated carbocycles. The molecule has 0 radical (unpaired) electrons. The van der Waals surface area contributed by atoms with Crippen molar-refractivity contribution in [1.82, 2.24) is 0 Å². The maximum Gasteiger partial charge on any atom is 0.426 e. The van der Waals surface area contributed by atoms with Gasteiger partial charge in [-0.25, -0.2) is 13.2 Å². The molecule has 31 heavy (non-hydrogen) atoms. The monoisotopic (exact) mass is 434 g/mol. The first kappa shape index (κ1) is 22.8. The second kappa shape index (κ2) is 9.50. The van der Waals surface area contributed by atoms with Crippen LogP contribution in [0.25, 0.3) is 11.1 Å². The fourth-order valence-electron chi connectivity index (χ4n) is 3.36. The van der Waals surface area contributed by atoms with Crippen molar-refractivity contribution in [2.24, 2.45) is 0 Å². The first-order valence-corrected chi connectivity index (χ1v) is 10.1. The zero-order valence-electron chi connectivity index (χ0n) is 17.3. The average Bonchev–Trinajstić information content (AvgIpc) is 2.74. The van der Waals surface area contributed by atoms with Gasteiger partial charge in [0.25, 0.3) is 6.43 Å². The Bertz CT molecular complexity index is 1010. The molecular weight excluding hydrogens is 411 g/mol. The van der Waals surface area contributed by atoms with Crippen LogP contribution >= 0.6 is 0 Å². The van der Waals surface area contributed by atoms with E-state index in [0.717, 1.165) is 36.5 Å². The Kier molecular flexibility index (Phi) is 6.98. The molecule has 0 aromatic heterocycles. The van der Waals surface area contributed by atoms with Crippen molar-refractivity contribution in [3.8, 4) is 16.9 Å². The quantitative estimate of drug-likeness (QED) is 0.326. The third kappa shape index (κ3) is 5.06. The molecule has 0 amide bonds. The highest BCUT2D eigenvalue weighted by molar-refractivity contribution is 5.67. The lowest BCUT2D eigenvalue weighted by Gasteiger charge is -2.21. The molecule has 3 aromatic rings. The van der Waals surface area contributed by atoms with Crippen LogP contribution in [0.1, 0.15) is 48.9 Å². The number of ether oxygens (including phenoxy) is 1. The molecule has 0 saturated heterocycles. The van der Waals surface area contributed by atoms with Gasteiger partial charge < -0.3 is 4.74 Å². The number of hydrogen-bond donors (Lipinski definition) is 0. The molecule has 1 nitrogen and oxygen atoms in total. The topological polar surface area (TPSA) is 9.23 Å². The van der Waals surface area contributed by atoms with Crippen LogP contribution in [-0.4, -0.2) is 0 Å². The number of aryl methyl sites for hydroxylation is 2. The highest BCUT2D eigenvalue weighted by atomic mass is 19.3. The molecule has 6 heteroatoms. The Morgan fingerprint density at radius 2 is 1.45 bits per heavy atom. The Hall–Kier alpha value is -2.89. The van der Waals surface area contributed by atoms with Crippen molar-refractivity contribution >= 4 is 0 Å². The predicted molar refractivity (Wildman–Crippen MR) is 111 cm³/mol. The van der Waals surface area contributed by atoms with Crippen molar-refractivity contribution in [2.45, 2.75) is 45.6 Å². The van der Waals surface area contributed by atoms with Crippen LogP contribution in [0.15, 0.2) is 60.7 Å². The summed E-state index contributed by atoms with van der Waals surface area (Å²) in [6.45, 7) is 3.92. The van der Waals surface area contributed by atoms with Gasteiger partial charge in [-0.1, -0.05) is 56.7 Å². The van der Waals surface area contributed by atoms with Gasteiger partial charge >= 0.3 is 6.11 Å². The molecule has 3 rings (SSSR count). The molecule has 0 heterocycles. The number of benzene rings is 3. The lowest BCUT2D eigenvalue weighted by atomic mass is 9.99. The molecule has 0 atom stereocenters. The van der Waals surface area contributed by atoms with Gasteiger partial charge in [0.15, 0.2) is 0 Å². The van der Waals surface area contributed by atoms with Crippen LogP contribution < -0.4 is 4.74 Å². The molecule has 0 aliphatic carbocycles. The first-order valence-electron chi connectivity index (χ1n) is 10.1. The van der Waals surface area contributed by atoms with E-state index >= 15 is 0 Å². The summed E-state index contributed by atoms with van der Waals surface area (Å²) in [5.41, 5.74) is 0.480. The molecule has 0 spiro atoms. The van der Waals surface area contributed by atoms with Crippen LogP contribution in [0.3, 0.4) is 0 Å². The molecule has 0 unspecified atom stereocenters. The molecule has 164 valence electrons. The molecule has 0 aliphatic heterocycles. The molecular formula is C25H23F5O. The van der Waals surface area contributed by atoms with Gasteiger partial charge in [0.05, 0.1) is 11.1 Å². The van der Waals surface area contributed by atoms with E-state index in [9.17, 15) is 22.0 Å². The number of rotatable bonds is 8. The summed E-state index contributed by atoms with van der Waals surface area (Å²) < 4.78 is 76.2. The minimum Gasteiger partial charge on any atom is -0.428 e. The van der Waals surface area contributed by atoms with Crippen LogP contribution in [0.4, 0.5) is 22.0 Å². The van der Waals surface area contributed by atoms with Crippen LogP contribution in [0.5, 0.6) is 5.75 Å². The smallest absolute Gasteiger partial charge is 0.426 e. The van der Waals surface area contributed by atoms with E-state index in [1.807, 2.05) is 13.8 Å². The van der Waals surface area contributed by atoms with Gasteiger partial charge in [-0.2, -0.15) is 8.78 Å². The lowest BCUT2D eigenvalue weighted by Crippen LogP contribution is -2.23. The minimum atomic E-state index is -3.90. The summed E-state index contributed by atoms with van der Waals surface area (Å²) in [4.78, 5) is 0. The lowest BCUT2D eigenvalue weighted by molar-refractivity contribution is -0.186. The van der Waals surface area contributed by atoms with E-state index < -0.39 is 35.2 Å². The van der Waals surface area contributed by atoms with Crippen molar-refractivity contribution < 1.29 is 26.7 Å². The van der Waals surface area contributed by atoms with Crippen molar-refractivity contribution in [2.75, 3.05) is 0 Å². The third-order valence-corrected chi connectivity index (χ3v) is 5.10. The first-order chi connectivity index (χ1) is 14.8. The van der Waals surface area contributed by atoms with Gasteiger partial charge in [-0.05, 0) is 53.8 Å². The summed E-state index contributed by atoms with van der Waals surface area (Å²) in [6.07, 6.45) is -4.87. The Labute approximate surface area is 178 Å². The van der Waals surface area contributed by atoms with Gasteiger partial charge in [0.1, 0.15) is 11.6 Å². The fraction of sp³-hybridized carbons (Fsp3) is 0.280. The Morgan fingerprint density at radius 1 is 0.839 bits per heavy atom. The highest BCUT2D eigenvalue weighted by Crippen LogP contribution is 2.41. The largest absolute Gasteiger partial charge is 0.428 e. The van der Waals surface area contributed by atoms with Gasteiger partial charge in [-0.15, -0.1) is 0 Å². The summed E-state index contributed by atoms with van der Waals surface area (Å²) in [7, 11) is 0. The fourth-order valence-corrected chi connectivity index (χ4v) is 3.36. The van der Waals surface area contributed by atoms with E-state index in [0.29, 0.717) is 5.56 Å². The van der Waals surface area contributed by atoms with Crippen LogP contribution in [0, 0.1) is 5.82 Å². The maximum absolute atomic E-state index is 15.0.